The molecule has 0 aliphatic heterocycles. The number of aromatic nitrogens is 4. The Hall–Kier alpha value is -2.11. The van der Waals surface area contributed by atoms with Crippen LogP contribution in [0.15, 0.2) is 18.2 Å². The Kier molecular flexibility index (Phi) is 4.92. The van der Waals surface area contributed by atoms with Crippen LogP contribution in [-0.4, -0.2) is 27.3 Å². The number of benzene rings is 1. The Morgan fingerprint density at radius 3 is 2.85 bits per heavy atom. The highest BCUT2D eigenvalue weighted by Gasteiger charge is 2.16. The molecule has 0 aliphatic rings. The Bertz CT molecular complexity index is 552. The van der Waals surface area contributed by atoms with Crippen LogP contribution in [0.4, 0.5) is 5.69 Å². The maximum absolute atomic E-state index is 6.04. The van der Waals surface area contributed by atoms with Crippen molar-refractivity contribution in [2.45, 2.75) is 39.2 Å². The summed E-state index contributed by atoms with van der Waals surface area (Å²) >= 11 is 0. The molecule has 0 fully saturated rings. The van der Waals surface area contributed by atoms with Gasteiger partial charge in [-0.05, 0) is 29.0 Å². The smallest absolute Gasteiger partial charge is 0.187 e. The summed E-state index contributed by atoms with van der Waals surface area (Å²) in [5, 5.41) is 11.9. The summed E-state index contributed by atoms with van der Waals surface area (Å²) in [6, 6.07) is 5.54. The molecule has 0 bridgehead atoms. The molecule has 0 atom stereocenters. The van der Waals surface area contributed by atoms with Gasteiger partial charge in [-0.25, -0.2) is 4.68 Å². The number of nitrogens with two attached hydrogens (primary N) is 1. The van der Waals surface area contributed by atoms with E-state index in [4.69, 9.17) is 10.5 Å². The molecule has 0 unspecified atom stereocenters. The Balaban J connectivity index is 2.23. The van der Waals surface area contributed by atoms with Crippen LogP contribution in [-0.2, 0) is 6.54 Å². The number of methoxy groups -OCH3 is 1. The summed E-state index contributed by atoms with van der Waals surface area (Å²) in [5.74, 6) is 1.35. The van der Waals surface area contributed by atoms with Crippen LogP contribution in [0.2, 0.25) is 0 Å². The largest absolute Gasteiger partial charge is 0.496 e. The predicted molar refractivity (Wildman–Crippen MR) is 78.4 cm³/mol. The van der Waals surface area contributed by atoms with Crippen LogP contribution in [0.25, 0.3) is 11.4 Å². The zero-order valence-electron chi connectivity index (χ0n) is 12.0. The van der Waals surface area contributed by atoms with Crippen LogP contribution in [0.5, 0.6) is 5.75 Å². The molecule has 2 aromatic rings. The molecule has 0 radical (unpaired) electrons. The minimum absolute atomic E-state index is 0.619. The molecule has 0 spiro atoms. The van der Waals surface area contributed by atoms with Crippen molar-refractivity contribution in [3.05, 3.63) is 18.2 Å². The van der Waals surface area contributed by atoms with Gasteiger partial charge in [-0.3, -0.25) is 0 Å². The van der Waals surface area contributed by atoms with Crippen molar-refractivity contribution < 1.29 is 4.74 Å². The minimum Gasteiger partial charge on any atom is -0.496 e. The van der Waals surface area contributed by atoms with Gasteiger partial charge in [0.15, 0.2) is 5.82 Å². The average Bonchev–Trinajstić information content (AvgIpc) is 2.91. The standard InChI is InChI=1S/C14H21N5O/c1-3-4-5-6-10-19-14(16-17-18-19)13-11(15)8-7-9-12(13)20-2/h7-9H,3-6,10,15H2,1-2H3. The van der Waals surface area contributed by atoms with E-state index < -0.39 is 0 Å². The first-order valence-electron chi connectivity index (χ1n) is 6.97. The first-order chi connectivity index (χ1) is 9.77. The lowest BCUT2D eigenvalue weighted by molar-refractivity contribution is 0.415. The lowest BCUT2D eigenvalue weighted by atomic mass is 10.1. The SMILES string of the molecule is CCCCCCn1nnnc1-c1c(N)cccc1OC. The van der Waals surface area contributed by atoms with E-state index in [9.17, 15) is 0 Å². The van der Waals surface area contributed by atoms with Crippen molar-refractivity contribution in [2.75, 3.05) is 12.8 Å². The summed E-state index contributed by atoms with van der Waals surface area (Å²) in [5.41, 5.74) is 7.42. The van der Waals surface area contributed by atoms with Crippen LogP contribution < -0.4 is 10.5 Å². The number of hydrogen-bond donors (Lipinski definition) is 1. The molecule has 1 heterocycles. The van der Waals surface area contributed by atoms with Gasteiger partial charge < -0.3 is 10.5 Å². The fourth-order valence-corrected chi connectivity index (χ4v) is 2.18. The zero-order valence-corrected chi connectivity index (χ0v) is 12.0. The number of aryl methyl sites for hydroxylation is 1. The molecule has 0 saturated heterocycles. The molecule has 2 N–H and O–H groups in total. The minimum atomic E-state index is 0.619. The number of nitrogen functional groups attached to an aromatic ring is 1. The van der Waals surface area contributed by atoms with Gasteiger partial charge in [0.2, 0.25) is 0 Å². The van der Waals surface area contributed by atoms with Gasteiger partial charge in [-0.1, -0.05) is 32.3 Å². The van der Waals surface area contributed by atoms with Crippen LogP contribution in [0.3, 0.4) is 0 Å². The van der Waals surface area contributed by atoms with Gasteiger partial charge in [-0.2, -0.15) is 0 Å². The fourth-order valence-electron chi connectivity index (χ4n) is 2.18. The number of tetrazole rings is 1. The maximum Gasteiger partial charge on any atom is 0.187 e. The lowest BCUT2D eigenvalue weighted by Gasteiger charge is -2.11. The predicted octanol–water partition coefficient (Wildman–Crippen LogP) is 2.51. The Labute approximate surface area is 118 Å². The van der Waals surface area contributed by atoms with E-state index in [0.717, 1.165) is 18.5 Å². The topological polar surface area (TPSA) is 78.9 Å². The Morgan fingerprint density at radius 2 is 2.10 bits per heavy atom. The van der Waals surface area contributed by atoms with Crippen molar-refractivity contribution in [3.63, 3.8) is 0 Å². The monoisotopic (exact) mass is 275 g/mol. The zero-order chi connectivity index (χ0) is 14.4. The highest BCUT2D eigenvalue weighted by molar-refractivity contribution is 5.77. The quantitative estimate of drug-likeness (QED) is 0.620. The third-order valence-corrected chi connectivity index (χ3v) is 3.26. The van der Waals surface area contributed by atoms with E-state index >= 15 is 0 Å². The van der Waals surface area contributed by atoms with Crippen molar-refractivity contribution in [1.82, 2.24) is 20.2 Å². The fraction of sp³-hybridized carbons (Fsp3) is 0.500. The molecule has 1 aromatic carbocycles. The van der Waals surface area contributed by atoms with Crippen molar-refractivity contribution in [2.24, 2.45) is 0 Å². The first kappa shape index (κ1) is 14.3. The number of hydrogen-bond acceptors (Lipinski definition) is 5. The van der Waals surface area contributed by atoms with Crippen LogP contribution in [0.1, 0.15) is 32.6 Å². The molecular weight excluding hydrogens is 254 g/mol. The Morgan fingerprint density at radius 1 is 1.25 bits per heavy atom. The van der Waals surface area contributed by atoms with Gasteiger partial charge in [0, 0.05) is 12.2 Å². The average molecular weight is 275 g/mol. The third-order valence-electron chi connectivity index (χ3n) is 3.26. The number of nitrogens with zero attached hydrogens (tertiary/aromatic N) is 4. The highest BCUT2D eigenvalue weighted by atomic mass is 16.5. The molecule has 0 amide bonds. The lowest BCUT2D eigenvalue weighted by Crippen LogP contribution is -2.05. The molecular formula is C14H21N5O. The van der Waals surface area contributed by atoms with Gasteiger partial charge in [0.05, 0.1) is 12.7 Å². The number of rotatable bonds is 7. The third kappa shape index (κ3) is 3.07. The van der Waals surface area contributed by atoms with E-state index in [1.807, 2.05) is 18.2 Å². The molecule has 2 rings (SSSR count). The second kappa shape index (κ2) is 6.88. The maximum atomic E-state index is 6.04. The normalized spacial score (nSPS) is 10.7. The molecule has 108 valence electrons. The van der Waals surface area contributed by atoms with Gasteiger partial charge >= 0.3 is 0 Å². The van der Waals surface area contributed by atoms with Crippen molar-refractivity contribution in [3.8, 4) is 17.1 Å². The van der Waals surface area contributed by atoms with Crippen molar-refractivity contribution in [1.29, 1.82) is 0 Å². The van der Waals surface area contributed by atoms with Gasteiger partial charge in [-0.15, -0.1) is 5.10 Å². The molecule has 0 saturated carbocycles. The second-order valence-corrected chi connectivity index (χ2v) is 4.71. The number of anilines is 1. The highest BCUT2D eigenvalue weighted by Crippen LogP contribution is 2.33. The van der Waals surface area contributed by atoms with Crippen molar-refractivity contribution >= 4 is 5.69 Å². The van der Waals surface area contributed by atoms with E-state index in [-0.39, 0.29) is 0 Å². The summed E-state index contributed by atoms with van der Waals surface area (Å²) in [4.78, 5) is 0. The van der Waals surface area contributed by atoms with Crippen LogP contribution in [0, 0.1) is 0 Å². The van der Waals surface area contributed by atoms with E-state index in [1.165, 1.54) is 19.3 Å². The molecule has 0 aliphatic carbocycles. The second-order valence-electron chi connectivity index (χ2n) is 4.71. The van der Waals surface area contributed by atoms with Crippen LogP contribution >= 0.6 is 0 Å². The number of unbranched alkanes of at least 4 members (excludes halogenated alkanes) is 3. The number of ether oxygens (including phenoxy) is 1. The van der Waals surface area contributed by atoms with E-state index in [1.54, 1.807) is 11.8 Å². The van der Waals surface area contributed by atoms with E-state index in [2.05, 4.69) is 22.4 Å². The van der Waals surface area contributed by atoms with E-state index in [0.29, 0.717) is 17.3 Å². The summed E-state index contributed by atoms with van der Waals surface area (Å²) in [7, 11) is 1.62. The van der Waals surface area contributed by atoms with Gasteiger partial charge in [0.1, 0.15) is 5.75 Å². The first-order valence-corrected chi connectivity index (χ1v) is 6.97. The summed E-state index contributed by atoms with van der Waals surface area (Å²) in [6.07, 6.45) is 4.67. The molecule has 1 aromatic heterocycles. The van der Waals surface area contributed by atoms with Gasteiger partial charge in [0.25, 0.3) is 0 Å². The summed E-state index contributed by atoms with van der Waals surface area (Å²) < 4.78 is 7.15. The molecule has 6 nitrogen and oxygen atoms in total. The molecule has 6 heteroatoms. The molecule has 20 heavy (non-hydrogen) atoms. The summed E-state index contributed by atoms with van der Waals surface area (Å²) in [6.45, 7) is 2.98.